The SMILES string of the molecule is [2H]C([2H])([2H])N1C(=O)c2cccc(OC(F)F)c2[C@H]2C[C@@H]1c1nc3ccc(-c4ccc(C5CCCN5)nc4)cc3n12. The standard InChI is InChI=1S/C28H25F2N5O2/c1-34-23-13-22(25-17(27(34)36)4-2-6-24(25)37-28(29)30)35-21-12-15(7-10-20(21)33-26(23)35)16-8-9-19(32-14-16)18-5-3-11-31-18/h2,4,6-10,12,14,18,22-23,28,31H,3,5,11,13H2,1H3/t18?,22-,23-/m1/s1/i1D3. The maximum atomic E-state index is 13.6. The van der Waals surface area contributed by atoms with Crippen molar-refractivity contribution in [1.29, 1.82) is 0 Å². The number of halogens is 2. The third-order valence-electron chi connectivity index (χ3n) is 7.69. The van der Waals surface area contributed by atoms with E-state index in [-0.39, 0.29) is 29.3 Å². The summed E-state index contributed by atoms with van der Waals surface area (Å²) in [4.78, 5) is 23.8. The Bertz CT molecular complexity index is 1630. The number of carbonyl (C=O) groups excluding carboxylic acids is 1. The van der Waals surface area contributed by atoms with Crippen molar-refractivity contribution in [3.63, 3.8) is 0 Å². The summed E-state index contributed by atoms with van der Waals surface area (Å²) in [5, 5.41) is 3.45. The average molecular weight is 505 g/mol. The molecule has 3 atom stereocenters. The van der Waals surface area contributed by atoms with E-state index < -0.39 is 31.6 Å². The molecule has 0 aliphatic carbocycles. The summed E-state index contributed by atoms with van der Waals surface area (Å²) in [7, 11) is 0. The molecule has 5 heterocycles. The van der Waals surface area contributed by atoms with E-state index in [0.29, 0.717) is 16.9 Å². The van der Waals surface area contributed by atoms with Gasteiger partial charge in [-0.1, -0.05) is 18.2 Å². The lowest BCUT2D eigenvalue weighted by Crippen LogP contribution is -2.30. The van der Waals surface area contributed by atoms with Crippen LogP contribution < -0.4 is 10.1 Å². The predicted octanol–water partition coefficient (Wildman–Crippen LogP) is 5.24. The second-order valence-corrected chi connectivity index (χ2v) is 9.70. The fourth-order valence-electron chi connectivity index (χ4n) is 6.01. The molecule has 1 saturated heterocycles. The Hall–Kier alpha value is -3.85. The summed E-state index contributed by atoms with van der Waals surface area (Å²) >= 11 is 0. The molecule has 1 unspecified atom stereocenters. The lowest BCUT2D eigenvalue weighted by molar-refractivity contribution is -0.0507. The van der Waals surface area contributed by atoms with E-state index in [1.165, 1.54) is 18.2 Å². The minimum absolute atomic E-state index is 0.0331. The van der Waals surface area contributed by atoms with Crippen molar-refractivity contribution in [1.82, 2.24) is 24.8 Å². The molecular formula is C28H25F2N5O2. The first-order valence-corrected chi connectivity index (χ1v) is 12.3. The number of ether oxygens (including phenoxy) is 1. The quantitative estimate of drug-likeness (QED) is 0.411. The molecule has 7 nitrogen and oxygen atoms in total. The highest BCUT2D eigenvalue weighted by atomic mass is 19.3. The smallest absolute Gasteiger partial charge is 0.387 e. The van der Waals surface area contributed by atoms with Crippen molar-refractivity contribution in [3.8, 4) is 16.9 Å². The van der Waals surface area contributed by atoms with Crippen molar-refractivity contribution >= 4 is 16.9 Å². The zero-order valence-electron chi connectivity index (χ0n) is 22.7. The molecule has 1 amide bonds. The number of amides is 1. The first-order chi connectivity index (χ1) is 19.2. The Labute approximate surface area is 216 Å². The number of hydrogen-bond acceptors (Lipinski definition) is 5. The number of pyridine rings is 1. The van der Waals surface area contributed by atoms with Gasteiger partial charge in [0.2, 0.25) is 0 Å². The second-order valence-electron chi connectivity index (χ2n) is 9.70. The number of carbonyl (C=O) groups is 1. The van der Waals surface area contributed by atoms with Crippen LogP contribution in [0.2, 0.25) is 0 Å². The molecule has 2 aromatic heterocycles. The number of fused-ring (bicyclic) bond motifs is 9. The van der Waals surface area contributed by atoms with Gasteiger partial charge < -0.3 is 19.5 Å². The van der Waals surface area contributed by atoms with Gasteiger partial charge in [0, 0.05) is 46.4 Å². The number of alkyl halides is 2. The van der Waals surface area contributed by atoms with Crippen LogP contribution in [0.1, 0.15) is 68.9 Å². The van der Waals surface area contributed by atoms with E-state index in [9.17, 15) is 13.6 Å². The van der Waals surface area contributed by atoms with Crippen molar-refractivity contribution in [3.05, 3.63) is 77.4 Å². The number of benzene rings is 2. The Kier molecular flexibility index (Phi) is 4.35. The molecule has 2 bridgehead atoms. The molecule has 4 aromatic rings. The van der Waals surface area contributed by atoms with E-state index in [4.69, 9.17) is 13.8 Å². The zero-order valence-corrected chi connectivity index (χ0v) is 19.7. The maximum Gasteiger partial charge on any atom is 0.387 e. The van der Waals surface area contributed by atoms with Gasteiger partial charge in [0.05, 0.1) is 28.8 Å². The number of rotatable bonds is 4. The normalized spacial score (nSPS) is 24.0. The molecule has 1 N–H and O–H groups in total. The van der Waals surface area contributed by atoms with Crippen molar-refractivity contribution < 1.29 is 22.4 Å². The average Bonchev–Trinajstić information content (AvgIpc) is 3.63. The van der Waals surface area contributed by atoms with E-state index >= 15 is 0 Å². The Morgan fingerprint density at radius 3 is 2.81 bits per heavy atom. The third-order valence-corrected chi connectivity index (χ3v) is 7.69. The molecule has 3 aliphatic heterocycles. The summed E-state index contributed by atoms with van der Waals surface area (Å²) in [6.45, 7) is -4.90. The van der Waals surface area contributed by atoms with Crippen LogP contribution in [0.3, 0.4) is 0 Å². The van der Waals surface area contributed by atoms with Gasteiger partial charge in [-0.05, 0) is 55.3 Å². The van der Waals surface area contributed by atoms with Gasteiger partial charge in [-0.15, -0.1) is 0 Å². The first kappa shape index (κ1) is 19.3. The number of hydrogen-bond donors (Lipinski definition) is 1. The van der Waals surface area contributed by atoms with Crippen LogP contribution in [-0.2, 0) is 0 Å². The van der Waals surface area contributed by atoms with Crippen LogP contribution in [0.15, 0.2) is 54.7 Å². The lowest BCUT2D eigenvalue weighted by atomic mass is 9.97. The highest BCUT2D eigenvalue weighted by molar-refractivity contribution is 5.98. The van der Waals surface area contributed by atoms with E-state index in [1.54, 1.807) is 0 Å². The fourth-order valence-corrected chi connectivity index (χ4v) is 6.01. The molecular weight excluding hydrogens is 476 g/mol. The summed E-state index contributed by atoms with van der Waals surface area (Å²) in [5.41, 5.74) is 4.37. The van der Waals surface area contributed by atoms with Crippen LogP contribution in [0.5, 0.6) is 5.75 Å². The van der Waals surface area contributed by atoms with Gasteiger partial charge >= 0.3 is 6.61 Å². The summed E-state index contributed by atoms with van der Waals surface area (Å²) in [5.74, 6) is -0.507. The van der Waals surface area contributed by atoms with E-state index in [1.807, 2.05) is 41.1 Å². The van der Waals surface area contributed by atoms with Crippen LogP contribution in [0.4, 0.5) is 8.78 Å². The fraction of sp³-hybridized carbons (Fsp3) is 0.321. The number of imidazole rings is 1. The molecule has 37 heavy (non-hydrogen) atoms. The maximum absolute atomic E-state index is 13.6. The largest absolute Gasteiger partial charge is 0.434 e. The molecule has 188 valence electrons. The minimum atomic E-state index is -3.11. The van der Waals surface area contributed by atoms with Crippen LogP contribution in [-0.4, -0.2) is 45.5 Å². The van der Waals surface area contributed by atoms with Crippen molar-refractivity contribution in [2.75, 3.05) is 13.5 Å². The van der Waals surface area contributed by atoms with Crippen LogP contribution in [0.25, 0.3) is 22.2 Å². The molecule has 3 aliphatic rings. The van der Waals surface area contributed by atoms with Crippen molar-refractivity contribution in [2.45, 2.75) is 44.0 Å². The molecule has 7 rings (SSSR count). The predicted molar refractivity (Wildman–Crippen MR) is 134 cm³/mol. The van der Waals surface area contributed by atoms with E-state index in [2.05, 4.69) is 10.3 Å². The summed E-state index contributed by atoms with van der Waals surface area (Å²) in [6, 6.07) is 12.8. The highest BCUT2D eigenvalue weighted by Gasteiger charge is 2.45. The van der Waals surface area contributed by atoms with Gasteiger partial charge in [-0.3, -0.25) is 9.78 Å². The van der Waals surface area contributed by atoms with Crippen molar-refractivity contribution in [2.24, 2.45) is 0 Å². The molecule has 0 radical (unpaired) electrons. The lowest BCUT2D eigenvalue weighted by Gasteiger charge is -2.24. The zero-order chi connectivity index (χ0) is 27.8. The highest BCUT2D eigenvalue weighted by Crippen LogP contribution is 2.50. The van der Waals surface area contributed by atoms with Gasteiger partial charge in [0.1, 0.15) is 11.6 Å². The Morgan fingerprint density at radius 1 is 1.16 bits per heavy atom. The molecule has 1 fully saturated rings. The van der Waals surface area contributed by atoms with Gasteiger partial charge in [-0.2, -0.15) is 8.78 Å². The number of nitrogens with one attached hydrogen (secondary N) is 1. The Balaban J connectivity index is 1.39. The summed E-state index contributed by atoms with van der Waals surface area (Å²) < 4.78 is 58.0. The molecule has 0 spiro atoms. The molecule has 0 saturated carbocycles. The summed E-state index contributed by atoms with van der Waals surface area (Å²) in [6.07, 6.45) is 4.18. The van der Waals surface area contributed by atoms with Gasteiger partial charge in [0.15, 0.2) is 0 Å². The number of aromatic nitrogens is 3. The van der Waals surface area contributed by atoms with E-state index in [0.717, 1.165) is 41.1 Å². The molecule has 9 heteroatoms. The molecule has 2 aromatic carbocycles. The minimum Gasteiger partial charge on any atom is -0.434 e. The Morgan fingerprint density at radius 2 is 2.05 bits per heavy atom. The van der Waals surface area contributed by atoms with Gasteiger partial charge in [-0.25, -0.2) is 4.98 Å². The topological polar surface area (TPSA) is 72.3 Å². The first-order valence-electron chi connectivity index (χ1n) is 13.8. The van der Waals surface area contributed by atoms with Crippen LogP contribution in [0, 0.1) is 0 Å². The second kappa shape index (κ2) is 8.34. The van der Waals surface area contributed by atoms with Crippen LogP contribution >= 0.6 is 0 Å². The number of nitrogens with zero attached hydrogens (tertiary/aromatic N) is 4. The monoisotopic (exact) mass is 504 g/mol. The third kappa shape index (κ3) is 3.44. The van der Waals surface area contributed by atoms with Gasteiger partial charge in [0.25, 0.3) is 5.91 Å².